The molecule has 0 amide bonds. The van der Waals surface area contributed by atoms with Crippen LogP contribution in [0.25, 0.3) is 11.0 Å². The van der Waals surface area contributed by atoms with Gasteiger partial charge in [-0.25, -0.2) is 4.79 Å². The van der Waals surface area contributed by atoms with Crippen LogP contribution in [0.3, 0.4) is 0 Å². The van der Waals surface area contributed by atoms with Crippen molar-refractivity contribution in [2.24, 2.45) is 0 Å². The second-order valence-corrected chi connectivity index (χ2v) is 17.9. The predicted molar refractivity (Wildman–Crippen MR) is 220 cm³/mol. The summed E-state index contributed by atoms with van der Waals surface area (Å²) in [4.78, 5) is 80.7. The molecule has 3 rings (SSSR count). The topological polar surface area (TPSA) is 177 Å². The molecule has 0 atom stereocenters. The van der Waals surface area contributed by atoms with Gasteiger partial charge in [0.1, 0.15) is 46.8 Å². The molecule has 0 unspecified atom stereocenters. The Morgan fingerprint density at radius 2 is 0.915 bits per heavy atom. The Balaban J connectivity index is 1.95. The van der Waals surface area contributed by atoms with Gasteiger partial charge >= 0.3 is 29.5 Å². The number of hydrogen-bond donors (Lipinski definition) is 0. The minimum absolute atomic E-state index is 0.0595. The maximum atomic E-state index is 13.3. The van der Waals surface area contributed by atoms with Crippen LogP contribution in [-0.2, 0) is 38.1 Å². The molecule has 0 N–H and O–H groups in total. The first-order valence-electron chi connectivity index (χ1n) is 19.5. The van der Waals surface area contributed by atoms with E-state index in [1.165, 1.54) is 21.9 Å². The molecular weight excluding hydrogens is 764 g/mol. The first-order chi connectivity index (χ1) is 27.2. The molecule has 0 radical (unpaired) electrons. The first-order valence-corrected chi connectivity index (χ1v) is 19.5. The summed E-state index contributed by atoms with van der Waals surface area (Å²) < 4.78 is 39.9. The zero-order chi connectivity index (χ0) is 44.3. The minimum Gasteiger partial charge on any atom is -0.488 e. The van der Waals surface area contributed by atoms with Gasteiger partial charge in [-0.2, -0.15) is 0 Å². The fourth-order valence-corrected chi connectivity index (χ4v) is 5.48. The molecule has 15 heteroatoms. The van der Waals surface area contributed by atoms with E-state index in [1.54, 1.807) is 119 Å². The average molecular weight is 825 g/mol. The minimum atomic E-state index is -0.855. The quantitative estimate of drug-likeness (QED) is 0.0655. The van der Waals surface area contributed by atoms with E-state index in [4.69, 9.17) is 32.8 Å². The summed E-state index contributed by atoms with van der Waals surface area (Å²) in [6.45, 7) is 19.9. The molecule has 0 bridgehead atoms. The SMILES string of the molecule is CC(C)(C)OC(=O)CN(CCOc1cc2cc(C(=O)c3ccccc3)c(=O)oc2cc1OCCN(CC(=O)OC(C)(C)C)CC(=O)OC(C)(C)C)CC(=O)OC(C)(C)C. The zero-order valence-corrected chi connectivity index (χ0v) is 36.5. The number of hydrogen-bond acceptors (Lipinski definition) is 15. The molecule has 0 spiro atoms. The third-order valence-corrected chi connectivity index (χ3v) is 7.50. The molecule has 0 aliphatic rings. The highest BCUT2D eigenvalue weighted by Crippen LogP contribution is 2.33. The van der Waals surface area contributed by atoms with Crippen LogP contribution in [0.5, 0.6) is 11.5 Å². The number of benzene rings is 2. The van der Waals surface area contributed by atoms with Crippen LogP contribution in [0.2, 0.25) is 0 Å². The molecule has 2 aromatic carbocycles. The Labute approximate surface area is 346 Å². The molecule has 0 aliphatic carbocycles. The first kappa shape index (κ1) is 48.1. The smallest absolute Gasteiger partial charge is 0.347 e. The lowest BCUT2D eigenvalue weighted by Gasteiger charge is -2.27. The number of ketones is 1. The van der Waals surface area contributed by atoms with E-state index >= 15 is 0 Å². The maximum absolute atomic E-state index is 13.3. The van der Waals surface area contributed by atoms with Crippen LogP contribution < -0.4 is 15.1 Å². The highest BCUT2D eigenvalue weighted by molar-refractivity contribution is 6.09. The molecule has 0 saturated carbocycles. The monoisotopic (exact) mass is 824 g/mol. The number of esters is 4. The van der Waals surface area contributed by atoms with Gasteiger partial charge in [-0.15, -0.1) is 0 Å². The Morgan fingerprint density at radius 3 is 1.29 bits per heavy atom. The molecular formula is C44H60N2O13. The lowest BCUT2D eigenvalue weighted by atomic mass is 10.0. The highest BCUT2D eigenvalue weighted by Gasteiger charge is 2.26. The number of carbonyl (C=O) groups is 5. The predicted octanol–water partition coefficient (Wildman–Crippen LogP) is 5.75. The lowest BCUT2D eigenvalue weighted by Crippen LogP contribution is -2.41. The molecule has 0 aliphatic heterocycles. The van der Waals surface area contributed by atoms with Crippen molar-refractivity contribution in [2.45, 2.75) is 105 Å². The molecule has 15 nitrogen and oxygen atoms in total. The number of ether oxygens (including phenoxy) is 6. The Kier molecular flexibility index (Phi) is 16.4. The van der Waals surface area contributed by atoms with Gasteiger partial charge in [-0.05, 0) is 95.2 Å². The molecule has 0 saturated heterocycles. The van der Waals surface area contributed by atoms with E-state index in [2.05, 4.69) is 0 Å². The molecule has 324 valence electrons. The number of fused-ring (bicyclic) bond motifs is 1. The summed E-state index contributed by atoms with van der Waals surface area (Å²) in [5, 5.41) is 0.349. The second-order valence-electron chi connectivity index (χ2n) is 17.9. The zero-order valence-electron chi connectivity index (χ0n) is 36.5. The summed E-state index contributed by atoms with van der Waals surface area (Å²) in [5.41, 5.74) is -3.68. The van der Waals surface area contributed by atoms with Gasteiger partial charge in [-0.1, -0.05) is 30.3 Å². The van der Waals surface area contributed by atoms with Gasteiger partial charge in [0.15, 0.2) is 17.3 Å². The molecule has 1 aromatic heterocycles. The second kappa shape index (κ2) is 20.1. The standard InChI is InChI=1S/C44H60N2O13/c1-41(2,3)56-35(47)25-45(26-36(48)57-42(4,5)6)18-20-53-33-23-30-22-31(39(51)29-16-14-13-15-17-29)40(52)55-32(30)24-34(33)54-21-19-46(27-37(49)58-43(7,8)9)28-38(50)59-44(10,11)12/h13-17,22-24H,18-21,25-28H2,1-12H3. The van der Waals surface area contributed by atoms with Gasteiger partial charge in [0.2, 0.25) is 0 Å². The van der Waals surface area contributed by atoms with Gasteiger partial charge in [0.25, 0.3) is 0 Å². The Morgan fingerprint density at radius 1 is 0.542 bits per heavy atom. The number of nitrogens with zero attached hydrogens (tertiary/aromatic N) is 2. The summed E-state index contributed by atoms with van der Waals surface area (Å²) in [5.74, 6) is -2.44. The van der Waals surface area contributed by atoms with E-state index < -0.39 is 57.7 Å². The normalized spacial score (nSPS) is 12.3. The molecule has 1 heterocycles. The van der Waals surface area contributed by atoms with Crippen molar-refractivity contribution in [1.29, 1.82) is 0 Å². The molecule has 59 heavy (non-hydrogen) atoms. The van der Waals surface area contributed by atoms with E-state index in [0.29, 0.717) is 10.9 Å². The number of carbonyl (C=O) groups excluding carboxylic acids is 5. The third kappa shape index (κ3) is 18.0. The van der Waals surface area contributed by atoms with Crippen molar-refractivity contribution in [3.05, 3.63) is 70.1 Å². The Hall–Kier alpha value is -5.28. The van der Waals surface area contributed by atoms with Crippen molar-refractivity contribution in [2.75, 3.05) is 52.5 Å². The van der Waals surface area contributed by atoms with E-state index in [-0.39, 0.29) is 75.1 Å². The van der Waals surface area contributed by atoms with Crippen molar-refractivity contribution < 1.29 is 56.8 Å². The van der Waals surface area contributed by atoms with Gasteiger partial charge < -0.3 is 32.8 Å². The van der Waals surface area contributed by atoms with Crippen LogP contribution in [0.4, 0.5) is 0 Å². The van der Waals surface area contributed by atoms with Crippen molar-refractivity contribution >= 4 is 40.6 Å². The van der Waals surface area contributed by atoms with Crippen molar-refractivity contribution in [3.8, 4) is 11.5 Å². The van der Waals surface area contributed by atoms with Crippen LogP contribution in [-0.4, -0.2) is 114 Å². The van der Waals surface area contributed by atoms with Crippen molar-refractivity contribution in [3.63, 3.8) is 0 Å². The van der Waals surface area contributed by atoms with E-state index in [0.717, 1.165) is 0 Å². The maximum Gasteiger partial charge on any atom is 0.347 e. The fraction of sp³-hybridized carbons (Fsp3) is 0.545. The van der Waals surface area contributed by atoms with Gasteiger partial charge in [0.05, 0.1) is 26.2 Å². The van der Waals surface area contributed by atoms with Crippen LogP contribution in [0.1, 0.15) is 99.0 Å². The summed E-state index contributed by atoms with van der Waals surface area (Å²) >= 11 is 0. The van der Waals surface area contributed by atoms with Crippen LogP contribution in [0, 0.1) is 0 Å². The van der Waals surface area contributed by atoms with Gasteiger partial charge in [0, 0.05) is 30.1 Å². The Bertz CT molecular complexity index is 1940. The van der Waals surface area contributed by atoms with Crippen LogP contribution in [0.15, 0.2) is 57.7 Å². The fourth-order valence-electron chi connectivity index (χ4n) is 5.48. The summed E-state index contributed by atoms with van der Waals surface area (Å²) in [7, 11) is 0. The van der Waals surface area contributed by atoms with E-state index in [1.807, 2.05) is 0 Å². The highest BCUT2D eigenvalue weighted by atomic mass is 16.6. The largest absolute Gasteiger partial charge is 0.488 e. The van der Waals surface area contributed by atoms with Crippen LogP contribution >= 0.6 is 0 Å². The lowest BCUT2D eigenvalue weighted by molar-refractivity contribution is -0.162. The van der Waals surface area contributed by atoms with Gasteiger partial charge in [-0.3, -0.25) is 33.8 Å². The molecule has 0 fully saturated rings. The number of rotatable bonds is 18. The van der Waals surface area contributed by atoms with E-state index in [9.17, 15) is 28.8 Å². The average Bonchev–Trinajstić information content (AvgIpc) is 3.04. The third-order valence-electron chi connectivity index (χ3n) is 7.50. The molecule has 3 aromatic rings. The van der Waals surface area contributed by atoms with Crippen molar-refractivity contribution in [1.82, 2.24) is 9.80 Å². The summed E-state index contributed by atoms with van der Waals surface area (Å²) in [6, 6.07) is 12.7. The summed E-state index contributed by atoms with van der Waals surface area (Å²) in [6.07, 6.45) is 0.